The molecule has 2 rings (SSSR count). The predicted molar refractivity (Wildman–Crippen MR) is 53.1 cm³/mol. The molecule has 3 heteroatoms. The third-order valence-corrected chi connectivity index (χ3v) is 2.05. The second-order valence-corrected chi connectivity index (χ2v) is 3.35. The van der Waals surface area contributed by atoms with Crippen LogP contribution >= 0.6 is 0 Å². The fraction of sp³-hybridized carbons (Fsp3) is 0.182. The van der Waals surface area contributed by atoms with Crippen LogP contribution in [0.1, 0.15) is 11.3 Å². The minimum Gasteiger partial charge on any atom is -0.507 e. The van der Waals surface area contributed by atoms with Crippen LogP contribution in [-0.2, 0) is 0 Å². The van der Waals surface area contributed by atoms with Crippen LogP contribution in [0.3, 0.4) is 0 Å². The summed E-state index contributed by atoms with van der Waals surface area (Å²) in [6, 6.07) is 7.25. The molecule has 14 heavy (non-hydrogen) atoms. The molecule has 0 bridgehead atoms. The minimum atomic E-state index is 0.223. The van der Waals surface area contributed by atoms with Gasteiger partial charge in [0.15, 0.2) is 5.76 Å². The lowest BCUT2D eigenvalue weighted by molar-refractivity contribution is 0.421. The molecule has 0 saturated heterocycles. The van der Waals surface area contributed by atoms with Crippen LogP contribution in [0.5, 0.6) is 5.75 Å². The molecule has 0 amide bonds. The van der Waals surface area contributed by atoms with E-state index in [1.807, 2.05) is 26.0 Å². The Morgan fingerprint density at radius 2 is 2.00 bits per heavy atom. The number of nitrogens with zero attached hydrogens (tertiary/aromatic N) is 1. The number of benzene rings is 1. The first-order valence-corrected chi connectivity index (χ1v) is 4.40. The molecular formula is C11H11NO2. The minimum absolute atomic E-state index is 0.223. The van der Waals surface area contributed by atoms with Gasteiger partial charge in [-0.05, 0) is 31.5 Å². The Morgan fingerprint density at radius 3 is 2.57 bits per heavy atom. The smallest absolute Gasteiger partial charge is 0.170 e. The molecule has 0 radical (unpaired) electrons. The third kappa shape index (κ3) is 1.48. The first-order valence-electron chi connectivity index (χ1n) is 4.40. The molecule has 0 spiro atoms. The maximum Gasteiger partial charge on any atom is 0.170 e. The van der Waals surface area contributed by atoms with E-state index in [0.29, 0.717) is 11.3 Å². The van der Waals surface area contributed by atoms with Crippen molar-refractivity contribution in [3.63, 3.8) is 0 Å². The summed E-state index contributed by atoms with van der Waals surface area (Å²) in [5.74, 6) is 0.821. The quantitative estimate of drug-likeness (QED) is 0.750. The number of hydrogen-bond acceptors (Lipinski definition) is 3. The van der Waals surface area contributed by atoms with Crippen LogP contribution < -0.4 is 0 Å². The average Bonchev–Trinajstić information content (AvgIpc) is 2.51. The Labute approximate surface area is 82.0 Å². The number of aromatic nitrogens is 1. The largest absolute Gasteiger partial charge is 0.507 e. The van der Waals surface area contributed by atoms with Gasteiger partial charge in [0.25, 0.3) is 0 Å². The number of rotatable bonds is 1. The van der Waals surface area contributed by atoms with E-state index in [0.717, 1.165) is 11.3 Å². The highest BCUT2D eigenvalue weighted by Crippen LogP contribution is 2.29. The zero-order valence-electron chi connectivity index (χ0n) is 8.11. The van der Waals surface area contributed by atoms with Crippen molar-refractivity contribution in [1.82, 2.24) is 5.16 Å². The number of hydrogen-bond donors (Lipinski definition) is 1. The molecule has 0 aliphatic rings. The Morgan fingerprint density at radius 1 is 1.21 bits per heavy atom. The predicted octanol–water partition coefficient (Wildman–Crippen LogP) is 2.66. The molecule has 3 nitrogen and oxygen atoms in total. The van der Waals surface area contributed by atoms with Crippen LogP contribution in [0.15, 0.2) is 28.8 Å². The van der Waals surface area contributed by atoms with Crippen LogP contribution in [0.25, 0.3) is 11.3 Å². The zero-order valence-corrected chi connectivity index (χ0v) is 8.11. The lowest BCUT2D eigenvalue weighted by atomic mass is 10.1. The summed E-state index contributed by atoms with van der Waals surface area (Å²) in [4.78, 5) is 0. The second kappa shape index (κ2) is 3.18. The molecule has 0 fully saturated rings. The third-order valence-electron chi connectivity index (χ3n) is 2.05. The number of aryl methyl sites for hydroxylation is 2. The van der Waals surface area contributed by atoms with Crippen molar-refractivity contribution < 1.29 is 9.63 Å². The molecule has 2 aromatic rings. The van der Waals surface area contributed by atoms with E-state index in [4.69, 9.17) is 4.52 Å². The van der Waals surface area contributed by atoms with Gasteiger partial charge < -0.3 is 9.63 Å². The maximum absolute atomic E-state index is 9.67. The van der Waals surface area contributed by atoms with Crippen molar-refractivity contribution in [2.45, 2.75) is 13.8 Å². The summed E-state index contributed by atoms with van der Waals surface area (Å²) < 4.78 is 5.06. The maximum atomic E-state index is 9.67. The average molecular weight is 189 g/mol. The molecule has 1 heterocycles. The lowest BCUT2D eigenvalue weighted by Gasteiger charge is -2.00. The summed E-state index contributed by atoms with van der Waals surface area (Å²) in [6.07, 6.45) is 0. The molecule has 0 unspecified atom stereocenters. The Balaban J connectivity index is 2.52. The van der Waals surface area contributed by atoms with E-state index in [-0.39, 0.29) is 5.75 Å². The second-order valence-electron chi connectivity index (χ2n) is 3.35. The van der Waals surface area contributed by atoms with E-state index in [1.54, 1.807) is 12.1 Å². The van der Waals surface area contributed by atoms with Gasteiger partial charge in [-0.2, -0.15) is 0 Å². The van der Waals surface area contributed by atoms with E-state index >= 15 is 0 Å². The lowest BCUT2D eigenvalue weighted by Crippen LogP contribution is -1.77. The van der Waals surface area contributed by atoms with Gasteiger partial charge in [-0.3, -0.25) is 0 Å². The molecule has 72 valence electrons. The first-order chi connectivity index (χ1) is 6.66. The van der Waals surface area contributed by atoms with Gasteiger partial charge in [-0.1, -0.05) is 11.2 Å². The standard InChI is InChI=1S/C11H11NO2/c1-7-3-4-9(10(13)5-7)11-6-8(2)12-14-11/h3-6,13H,1-2H3. The topological polar surface area (TPSA) is 46.3 Å². The van der Waals surface area contributed by atoms with E-state index < -0.39 is 0 Å². The highest BCUT2D eigenvalue weighted by atomic mass is 16.5. The van der Waals surface area contributed by atoms with Crippen molar-refractivity contribution in [3.05, 3.63) is 35.5 Å². The SMILES string of the molecule is Cc1ccc(-c2cc(C)no2)c(O)c1. The fourth-order valence-electron chi connectivity index (χ4n) is 1.34. The molecule has 1 N–H and O–H groups in total. The van der Waals surface area contributed by atoms with Crippen LogP contribution in [-0.4, -0.2) is 10.3 Å². The van der Waals surface area contributed by atoms with Gasteiger partial charge in [0, 0.05) is 6.07 Å². The Hall–Kier alpha value is -1.77. The number of phenols is 1. The summed E-state index contributed by atoms with van der Waals surface area (Å²) >= 11 is 0. The van der Waals surface area contributed by atoms with E-state index in [9.17, 15) is 5.11 Å². The molecule has 1 aromatic heterocycles. The summed E-state index contributed by atoms with van der Waals surface area (Å²) in [5, 5.41) is 13.4. The van der Waals surface area contributed by atoms with Gasteiger partial charge in [0.1, 0.15) is 5.75 Å². The van der Waals surface area contributed by atoms with Gasteiger partial charge in [0.2, 0.25) is 0 Å². The van der Waals surface area contributed by atoms with E-state index in [2.05, 4.69) is 5.16 Å². The van der Waals surface area contributed by atoms with Gasteiger partial charge in [-0.25, -0.2) is 0 Å². The fourth-order valence-corrected chi connectivity index (χ4v) is 1.34. The number of phenolic OH excluding ortho intramolecular Hbond substituents is 1. The van der Waals surface area contributed by atoms with Crippen molar-refractivity contribution in [2.24, 2.45) is 0 Å². The molecule has 0 atom stereocenters. The van der Waals surface area contributed by atoms with Crippen LogP contribution in [0.4, 0.5) is 0 Å². The molecule has 1 aromatic carbocycles. The van der Waals surface area contributed by atoms with Gasteiger partial charge in [-0.15, -0.1) is 0 Å². The first kappa shape index (κ1) is 8.81. The van der Waals surface area contributed by atoms with Crippen molar-refractivity contribution in [3.8, 4) is 17.1 Å². The Bertz CT molecular complexity index is 460. The van der Waals surface area contributed by atoms with E-state index in [1.165, 1.54) is 0 Å². The van der Waals surface area contributed by atoms with Crippen molar-refractivity contribution >= 4 is 0 Å². The summed E-state index contributed by atoms with van der Waals surface area (Å²) in [5.41, 5.74) is 2.50. The molecule has 0 saturated carbocycles. The normalized spacial score (nSPS) is 10.4. The van der Waals surface area contributed by atoms with Gasteiger partial charge in [0.05, 0.1) is 11.3 Å². The van der Waals surface area contributed by atoms with Crippen molar-refractivity contribution in [1.29, 1.82) is 0 Å². The molecular weight excluding hydrogens is 178 g/mol. The monoisotopic (exact) mass is 189 g/mol. The van der Waals surface area contributed by atoms with Crippen molar-refractivity contribution in [2.75, 3.05) is 0 Å². The van der Waals surface area contributed by atoms with Crippen LogP contribution in [0, 0.1) is 13.8 Å². The summed E-state index contributed by atoms with van der Waals surface area (Å²) in [6.45, 7) is 3.77. The zero-order chi connectivity index (χ0) is 10.1. The summed E-state index contributed by atoms with van der Waals surface area (Å²) in [7, 11) is 0. The Kier molecular flexibility index (Phi) is 2.00. The number of aromatic hydroxyl groups is 1. The van der Waals surface area contributed by atoms with Crippen LogP contribution in [0.2, 0.25) is 0 Å². The highest BCUT2D eigenvalue weighted by Gasteiger charge is 2.08. The van der Waals surface area contributed by atoms with Gasteiger partial charge >= 0.3 is 0 Å². The molecule has 0 aliphatic carbocycles. The molecule has 0 aliphatic heterocycles. The highest BCUT2D eigenvalue weighted by molar-refractivity contribution is 5.65.